The number of carbonyl (C=O) groups excluding carboxylic acids is 1. The van der Waals surface area contributed by atoms with Crippen LogP contribution in [0.15, 0.2) is 0 Å². The second kappa shape index (κ2) is 8.58. The average Bonchev–Trinajstić information content (AvgIpc) is 2.15. The zero-order chi connectivity index (χ0) is 12.4. The van der Waals surface area contributed by atoms with E-state index in [0.29, 0.717) is 13.2 Å². The molecule has 4 nitrogen and oxygen atoms in total. The first-order chi connectivity index (χ1) is 7.45. The first-order valence-corrected chi connectivity index (χ1v) is 9.68. The molecule has 16 heavy (non-hydrogen) atoms. The standard InChI is InChI=1S/C11H25NO3Si/c1-16(2,3)10-9-15-11(14)12-7-5-4-6-8-13/h13H,4-10H2,1-3H3,(H,12,14). The molecule has 0 saturated carbocycles. The third-order valence-corrected chi connectivity index (χ3v) is 3.89. The highest BCUT2D eigenvalue weighted by atomic mass is 28.3. The number of hydrogen-bond donors (Lipinski definition) is 2. The number of amides is 1. The van der Waals surface area contributed by atoms with Crippen molar-refractivity contribution in [2.75, 3.05) is 19.8 Å². The molecular formula is C11H25NO3Si. The van der Waals surface area contributed by atoms with Gasteiger partial charge >= 0.3 is 6.09 Å². The zero-order valence-electron chi connectivity index (χ0n) is 10.7. The summed E-state index contributed by atoms with van der Waals surface area (Å²) in [4.78, 5) is 11.2. The minimum atomic E-state index is -1.11. The van der Waals surface area contributed by atoms with Crippen LogP contribution in [0, 0.1) is 0 Å². The molecule has 5 heteroatoms. The smallest absolute Gasteiger partial charge is 0.407 e. The molecule has 0 saturated heterocycles. The molecular weight excluding hydrogens is 222 g/mol. The van der Waals surface area contributed by atoms with Gasteiger partial charge < -0.3 is 15.2 Å². The molecule has 0 radical (unpaired) electrons. The number of alkyl carbamates (subject to hydrolysis) is 1. The maximum absolute atomic E-state index is 11.2. The normalized spacial score (nSPS) is 11.2. The molecule has 2 N–H and O–H groups in total. The van der Waals surface area contributed by atoms with E-state index in [2.05, 4.69) is 25.0 Å². The van der Waals surface area contributed by atoms with Gasteiger partial charge in [0, 0.05) is 21.2 Å². The lowest BCUT2D eigenvalue weighted by Gasteiger charge is -2.15. The Bertz CT molecular complexity index is 192. The molecule has 0 aromatic carbocycles. The second-order valence-corrected chi connectivity index (χ2v) is 10.8. The van der Waals surface area contributed by atoms with E-state index < -0.39 is 8.07 Å². The minimum Gasteiger partial charge on any atom is -0.450 e. The summed E-state index contributed by atoms with van der Waals surface area (Å²) in [6.45, 7) is 8.14. The lowest BCUT2D eigenvalue weighted by Crippen LogP contribution is -2.28. The number of rotatable bonds is 8. The van der Waals surface area contributed by atoms with E-state index in [-0.39, 0.29) is 12.7 Å². The van der Waals surface area contributed by atoms with E-state index in [0.717, 1.165) is 25.3 Å². The molecule has 0 bridgehead atoms. The zero-order valence-corrected chi connectivity index (χ0v) is 11.7. The van der Waals surface area contributed by atoms with Gasteiger partial charge in [0.25, 0.3) is 0 Å². The Morgan fingerprint density at radius 3 is 2.50 bits per heavy atom. The Morgan fingerprint density at radius 2 is 1.94 bits per heavy atom. The van der Waals surface area contributed by atoms with Crippen molar-refractivity contribution in [3.63, 3.8) is 0 Å². The largest absolute Gasteiger partial charge is 0.450 e. The monoisotopic (exact) mass is 247 g/mol. The molecule has 0 aromatic heterocycles. The van der Waals surface area contributed by atoms with Crippen LogP contribution in [0.25, 0.3) is 0 Å². The van der Waals surface area contributed by atoms with Crippen LogP contribution < -0.4 is 5.32 Å². The average molecular weight is 247 g/mol. The van der Waals surface area contributed by atoms with Crippen molar-refractivity contribution in [3.8, 4) is 0 Å². The van der Waals surface area contributed by atoms with Gasteiger partial charge in [-0.1, -0.05) is 19.6 Å². The Balaban J connectivity index is 3.32. The summed E-state index contributed by atoms with van der Waals surface area (Å²) in [5.74, 6) is 0. The lowest BCUT2D eigenvalue weighted by molar-refractivity contribution is 0.151. The van der Waals surface area contributed by atoms with E-state index in [4.69, 9.17) is 9.84 Å². The van der Waals surface area contributed by atoms with Crippen LogP contribution >= 0.6 is 0 Å². The molecule has 0 aliphatic carbocycles. The summed E-state index contributed by atoms with van der Waals surface area (Å²) in [5.41, 5.74) is 0. The van der Waals surface area contributed by atoms with Crippen LogP contribution in [-0.2, 0) is 4.74 Å². The highest BCUT2D eigenvalue weighted by molar-refractivity contribution is 6.76. The lowest BCUT2D eigenvalue weighted by atomic mass is 10.2. The predicted molar refractivity (Wildman–Crippen MR) is 68.4 cm³/mol. The topological polar surface area (TPSA) is 58.6 Å². The number of unbranched alkanes of at least 4 members (excludes halogenated alkanes) is 2. The van der Waals surface area contributed by atoms with Gasteiger partial charge in [0.15, 0.2) is 0 Å². The third kappa shape index (κ3) is 11.5. The number of aliphatic hydroxyl groups is 1. The van der Waals surface area contributed by atoms with Crippen molar-refractivity contribution in [3.05, 3.63) is 0 Å². The van der Waals surface area contributed by atoms with Gasteiger partial charge in [0.05, 0.1) is 6.61 Å². The van der Waals surface area contributed by atoms with Crippen molar-refractivity contribution in [1.82, 2.24) is 5.32 Å². The van der Waals surface area contributed by atoms with E-state index in [1.54, 1.807) is 0 Å². The second-order valence-electron chi connectivity index (χ2n) is 5.16. The fourth-order valence-electron chi connectivity index (χ4n) is 1.10. The summed E-state index contributed by atoms with van der Waals surface area (Å²) >= 11 is 0. The molecule has 1 amide bonds. The van der Waals surface area contributed by atoms with Crippen LogP contribution in [-0.4, -0.2) is 39.0 Å². The summed E-state index contributed by atoms with van der Waals surface area (Å²) in [6, 6.07) is 1.00. The van der Waals surface area contributed by atoms with E-state index in [9.17, 15) is 4.79 Å². The maximum atomic E-state index is 11.2. The molecule has 0 heterocycles. The predicted octanol–water partition coefficient (Wildman–Crippen LogP) is 2.21. The third-order valence-electron chi connectivity index (χ3n) is 2.19. The molecule has 0 aromatic rings. The van der Waals surface area contributed by atoms with Gasteiger partial charge in [0.2, 0.25) is 0 Å². The van der Waals surface area contributed by atoms with Gasteiger partial charge in [0.1, 0.15) is 0 Å². The van der Waals surface area contributed by atoms with Gasteiger partial charge in [-0.3, -0.25) is 0 Å². The fraction of sp³-hybridized carbons (Fsp3) is 0.909. The molecule has 0 aliphatic heterocycles. The Morgan fingerprint density at radius 1 is 1.25 bits per heavy atom. The van der Waals surface area contributed by atoms with Crippen LogP contribution in [0.1, 0.15) is 19.3 Å². The summed E-state index contributed by atoms with van der Waals surface area (Å²) < 4.78 is 5.06. The SMILES string of the molecule is C[Si](C)(C)CCOC(=O)NCCCCCO. The van der Waals surface area contributed by atoms with Gasteiger partial charge in [-0.05, 0) is 25.3 Å². The van der Waals surface area contributed by atoms with E-state index in [1.165, 1.54) is 0 Å². The number of hydrogen-bond acceptors (Lipinski definition) is 3. The van der Waals surface area contributed by atoms with Crippen molar-refractivity contribution in [2.45, 2.75) is 44.9 Å². The summed E-state index contributed by atoms with van der Waals surface area (Å²) in [7, 11) is -1.11. The van der Waals surface area contributed by atoms with Crippen molar-refractivity contribution in [2.24, 2.45) is 0 Å². The highest BCUT2D eigenvalue weighted by Gasteiger charge is 2.13. The molecule has 0 fully saturated rings. The number of carbonyl (C=O) groups is 1. The number of aliphatic hydroxyl groups excluding tert-OH is 1. The summed E-state index contributed by atoms with van der Waals surface area (Å²) in [5, 5.41) is 11.3. The van der Waals surface area contributed by atoms with Gasteiger partial charge in [-0.15, -0.1) is 0 Å². The van der Waals surface area contributed by atoms with Gasteiger partial charge in [-0.2, -0.15) is 0 Å². The van der Waals surface area contributed by atoms with Crippen LogP contribution in [0.3, 0.4) is 0 Å². The fourth-order valence-corrected chi connectivity index (χ4v) is 1.82. The highest BCUT2D eigenvalue weighted by Crippen LogP contribution is 2.07. The first kappa shape index (κ1) is 15.4. The quantitative estimate of drug-likeness (QED) is 0.511. The molecule has 0 aliphatic rings. The number of ether oxygens (including phenoxy) is 1. The molecule has 0 rings (SSSR count). The maximum Gasteiger partial charge on any atom is 0.407 e. The van der Waals surface area contributed by atoms with Crippen molar-refractivity contribution in [1.29, 1.82) is 0 Å². The van der Waals surface area contributed by atoms with Gasteiger partial charge in [-0.25, -0.2) is 4.79 Å². The number of nitrogens with one attached hydrogen (secondary N) is 1. The van der Waals surface area contributed by atoms with Crippen molar-refractivity contribution < 1.29 is 14.6 Å². The first-order valence-electron chi connectivity index (χ1n) is 5.97. The Labute approximate surface area is 99.4 Å². The van der Waals surface area contributed by atoms with Crippen LogP contribution in [0.5, 0.6) is 0 Å². The van der Waals surface area contributed by atoms with Crippen molar-refractivity contribution >= 4 is 14.2 Å². The summed E-state index contributed by atoms with van der Waals surface area (Å²) in [6.07, 6.45) is 2.31. The Hall–Kier alpha value is -0.553. The van der Waals surface area contributed by atoms with Crippen LogP contribution in [0.2, 0.25) is 25.7 Å². The molecule has 0 atom stereocenters. The Kier molecular flexibility index (Phi) is 8.29. The van der Waals surface area contributed by atoms with E-state index >= 15 is 0 Å². The van der Waals surface area contributed by atoms with Crippen LogP contribution in [0.4, 0.5) is 4.79 Å². The molecule has 0 unspecified atom stereocenters. The molecule has 0 spiro atoms. The minimum absolute atomic E-state index is 0.223. The van der Waals surface area contributed by atoms with E-state index in [1.807, 2.05) is 0 Å². The molecule has 96 valence electrons.